The number of carbonyl (C=O) groups excluding carboxylic acids is 2. The number of imidazole rings is 1. The molecule has 2 aliphatic heterocycles. The number of ether oxygens (including phenoxy) is 3. The fourth-order valence-electron chi connectivity index (χ4n) is 6.53. The van der Waals surface area contributed by atoms with Gasteiger partial charge in [-0.05, 0) is 36.7 Å². The number of carbonyl (C=O) groups is 2. The number of phosphoric ester groups is 1. The standard InChI is InChI=1S/C37H36N11O11P/c1-22-17-47(37(52)44-33(22)49)29-16-26(45-46-39)28(58-29)19-56-60(53,54-14-8-13-38)55-18-25-15-27(59-36(51)24-11-6-3-7-12-24)35(57-25)48-21-42-30-31(40-20-41-32(30)48)43-34(50)23-9-4-2-5-10-23/h2-7,9-12,17,20-21,25-29,35H,8,14-16,18-19H2,1H3,(H,44,49,52)(H,40,41,43,50)/t25-,26-,27+,28+,29+,35+,60?/m0/s1. The van der Waals surface area contributed by atoms with Crippen molar-refractivity contribution in [3.8, 4) is 6.07 Å². The van der Waals surface area contributed by atoms with Crippen LogP contribution < -0.4 is 16.6 Å². The number of aryl methyl sites for hydroxylation is 1. The number of phosphoric acid groups is 1. The number of nitriles is 1. The Morgan fingerprint density at radius 1 is 1.02 bits per heavy atom. The average Bonchev–Trinajstić information content (AvgIpc) is 3.99. The van der Waals surface area contributed by atoms with Crippen molar-refractivity contribution < 1.29 is 41.9 Å². The molecule has 1 amide bonds. The molecule has 60 heavy (non-hydrogen) atoms. The largest absolute Gasteiger partial charge is 0.474 e. The molecule has 3 aromatic heterocycles. The van der Waals surface area contributed by atoms with Crippen molar-refractivity contribution in [1.82, 2.24) is 29.1 Å². The molecule has 23 heteroatoms. The molecule has 0 radical (unpaired) electrons. The third-order valence-corrected chi connectivity index (χ3v) is 10.9. The number of fused-ring (bicyclic) bond motifs is 1. The molecule has 2 fully saturated rings. The first-order valence-electron chi connectivity index (χ1n) is 18.4. The molecule has 310 valence electrons. The fourth-order valence-corrected chi connectivity index (χ4v) is 7.75. The van der Waals surface area contributed by atoms with E-state index in [4.69, 9.17) is 33.0 Å². The number of hydrogen-bond acceptors (Lipinski definition) is 16. The lowest BCUT2D eigenvalue weighted by Gasteiger charge is -2.22. The predicted octanol–water partition coefficient (Wildman–Crippen LogP) is 4.49. The molecule has 2 aromatic carbocycles. The first kappa shape index (κ1) is 41.6. The number of hydrogen-bond donors (Lipinski definition) is 2. The van der Waals surface area contributed by atoms with Gasteiger partial charge in [0.25, 0.3) is 11.5 Å². The summed E-state index contributed by atoms with van der Waals surface area (Å²) in [4.78, 5) is 68.8. The molecule has 5 heterocycles. The zero-order chi connectivity index (χ0) is 42.2. The summed E-state index contributed by atoms with van der Waals surface area (Å²) in [6, 6.07) is 17.8. The van der Waals surface area contributed by atoms with Crippen LogP contribution in [0.25, 0.3) is 21.6 Å². The van der Waals surface area contributed by atoms with Crippen molar-refractivity contribution in [2.45, 2.75) is 63.0 Å². The molecule has 2 saturated heterocycles. The van der Waals surface area contributed by atoms with Gasteiger partial charge in [0, 0.05) is 35.1 Å². The van der Waals surface area contributed by atoms with E-state index in [0.717, 1.165) is 4.57 Å². The Hall–Kier alpha value is -6.56. The van der Waals surface area contributed by atoms with E-state index < -0.39 is 81.0 Å². The van der Waals surface area contributed by atoms with Crippen molar-refractivity contribution >= 4 is 36.7 Å². The van der Waals surface area contributed by atoms with Crippen molar-refractivity contribution in [3.63, 3.8) is 0 Å². The lowest BCUT2D eigenvalue weighted by molar-refractivity contribution is -0.0595. The Morgan fingerprint density at radius 3 is 2.48 bits per heavy atom. The lowest BCUT2D eigenvalue weighted by Crippen LogP contribution is -2.33. The third kappa shape index (κ3) is 9.49. The van der Waals surface area contributed by atoms with Crippen LogP contribution in [0.15, 0.2) is 94.2 Å². The molecule has 0 saturated carbocycles. The maximum Gasteiger partial charge on any atom is 0.474 e. The van der Waals surface area contributed by atoms with Gasteiger partial charge < -0.3 is 19.5 Å². The van der Waals surface area contributed by atoms with Crippen molar-refractivity contribution in [1.29, 1.82) is 5.26 Å². The Labute approximate surface area is 339 Å². The minimum atomic E-state index is -4.52. The number of nitrogens with one attached hydrogen (secondary N) is 2. The highest BCUT2D eigenvalue weighted by Gasteiger charge is 2.43. The SMILES string of the molecule is Cc1cn([C@H]2C[C@H](N=[N+]=[N-])[C@@H](COP(=O)(OCCC#N)OC[C@@H]3C[C@@H](OC(=O)c4ccccc4)[C@H](n4cnc5c(NC(=O)c6ccccc6)ncnc54)O3)O2)c(=O)[nH]c1=O. The smallest absolute Gasteiger partial charge is 0.454 e. The molecule has 0 bridgehead atoms. The first-order chi connectivity index (χ1) is 29.1. The van der Waals surface area contributed by atoms with Crippen molar-refractivity contribution in [2.24, 2.45) is 5.11 Å². The summed E-state index contributed by atoms with van der Waals surface area (Å²) in [7, 11) is -4.52. The Morgan fingerprint density at radius 2 is 1.75 bits per heavy atom. The Bertz CT molecular complexity index is 2610. The number of benzene rings is 2. The normalized spacial score (nSPS) is 22.1. The number of aromatic nitrogens is 6. The van der Waals surface area contributed by atoms with Crippen LogP contribution in [-0.2, 0) is 32.3 Å². The topological polar surface area (TPSA) is 290 Å². The quantitative estimate of drug-likeness (QED) is 0.0346. The van der Waals surface area contributed by atoms with Gasteiger partial charge in [0.1, 0.15) is 18.7 Å². The number of H-pyrrole nitrogens is 1. The summed E-state index contributed by atoms with van der Waals surface area (Å²) in [5.74, 6) is -0.954. The van der Waals surface area contributed by atoms with Gasteiger partial charge >= 0.3 is 19.5 Å². The molecule has 0 spiro atoms. The van der Waals surface area contributed by atoms with E-state index in [0.29, 0.717) is 5.56 Å². The van der Waals surface area contributed by atoms with Gasteiger partial charge in [-0.1, -0.05) is 41.5 Å². The maximum absolute atomic E-state index is 14.1. The van der Waals surface area contributed by atoms with Gasteiger partial charge in [0.2, 0.25) is 0 Å². The van der Waals surface area contributed by atoms with Crippen LogP contribution in [0.3, 0.4) is 0 Å². The number of azide groups is 1. The Balaban J connectivity index is 1.09. The van der Waals surface area contributed by atoms with Crippen LogP contribution in [0.5, 0.6) is 0 Å². The number of nitrogens with zero attached hydrogens (tertiary/aromatic N) is 9. The summed E-state index contributed by atoms with van der Waals surface area (Å²) in [5, 5.41) is 15.6. The summed E-state index contributed by atoms with van der Waals surface area (Å²) in [6.07, 6.45) is -1.17. The van der Waals surface area contributed by atoms with E-state index in [2.05, 4.69) is 35.3 Å². The highest BCUT2D eigenvalue weighted by atomic mass is 31.2. The van der Waals surface area contributed by atoms with Gasteiger partial charge in [-0.25, -0.2) is 29.1 Å². The van der Waals surface area contributed by atoms with E-state index in [1.54, 1.807) is 60.7 Å². The molecule has 22 nitrogen and oxygen atoms in total. The van der Waals surface area contributed by atoms with Crippen LogP contribution in [-0.4, -0.2) is 85.1 Å². The van der Waals surface area contributed by atoms with Gasteiger partial charge in [0.05, 0.1) is 62.5 Å². The van der Waals surface area contributed by atoms with E-state index in [9.17, 15) is 29.3 Å². The van der Waals surface area contributed by atoms with Gasteiger partial charge in [-0.2, -0.15) is 5.26 Å². The molecule has 1 unspecified atom stereocenters. The molecular formula is C37H36N11O11P. The molecule has 2 N–H and O–H groups in total. The summed E-state index contributed by atoms with van der Waals surface area (Å²) >= 11 is 0. The van der Waals surface area contributed by atoms with E-state index >= 15 is 0 Å². The van der Waals surface area contributed by atoms with E-state index in [1.165, 1.54) is 30.3 Å². The number of aromatic amines is 1. The summed E-state index contributed by atoms with van der Waals surface area (Å²) in [6.45, 7) is 0.225. The third-order valence-electron chi connectivity index (χ3n) is 9.45. The second-order valence-electron chi connectivity index (χ2n) is 13.5. The van der Waals surface area contributed by atoms with Crippen LogP contribution in [0.1, 0.15) is 58.0 Å². The minimum Gasteiger partial charge on any atom is -0.454 e. The van der Waals surface area contributed by atoms with Gasteiger partial charge in [-0.3, -0.25) is 37.3 Å². The second kappa shape index (κ2) is 18.6. The zero-order valence-corrected chi connectivity index (χ0v) is 32.6. The van der Waals surface area contributed by atoms with Crippen LogP contribution in [0, 0.1) is 18.3 Å². The maximum atomic E-state index is 14.1. The van der Waals surface area contributed by atoms with Crippen LogP contribution in [0.4, 0.5) is 5.82 Å². The van der Waals surface area contributed by atoms with Gasteiger partial charge in [0.15, 0.2) is 23.2 Å². The van der Waals surface area contributed by atoms with E-state index in [-0.39, 0.29) is 54.0 Å². The Kier molecular flexibility index (Phi) is 12.9. The number of amides is 1. The first-order valence-corrected chi connectivity index (χ1v) is 19.9. The van der Waals surface area contributed by atoms with E-state index in [1.807, 2.05) is 6.07 Å². The molecule has 0 aliphatic carbocycles. The molecule has 7 atom stereocenters. The molecular weight excluding hydrogens is 805 g/mol. The second-order valence-corrected chi connectivity index (χ2v) is 15.1. The summed E-state index contributed by atoms with van der Waals surface area (Å²) in [5.41, 5.74) is 9.27. The number of esters is 1. The van der Waals surface area contributed by atoms with Crippen LogP contribution >= 0.6 is 7.82 Å². The van der Waals surface area contributed by atoms with Crippen LogP contribution in [0.2, 0.25) is 0 Å². The minimum absolute atomic E-state index is 0.0130. The summed E-state index contributed by atoms with van der Waals surface area (Å²) < 4.78 is 51.9. The molecule has 5 aromatic rings. The molecule has 7 rings (SSSR count). The number of anilines is 1. The van der Waals surface area contributed by atoms with Crippen molar-refractivity contribution in [3.05, 3.63) is 127 Å². The lowest BCUT2D eigenvalue weighted by atomic mass is 10.1. The molecule has 2 aliphatic rings. The van der Waals surface area contributed by atoms with Crippen molar-refractivity contribution in [2.75, 3.05) is 25.1 Å². The average molecular weight is 842 g/mol. The van der Waals surface area contributed by atoms with Gasteiger partial charge in [-0.15, -0.1) is 0 Å². The highest BCUT2D eigenvalue weighted by molar-refractivity contribution is 7.48. The number of rotatable bonds is 16. The highest BCUT2D eigenvalue weighted by Crippen LogP contribution is 2.51. The zero-order valence-electron chi connectivity index (χ0n) is 31.7. The monoisotopic (exact) mass is 841 g/mol. The predicted molar refractivity (Wildman–Crippen MR) is 207 cm³/mol. The fraction of sp³-hybridized carbons (Fsp3) is 0.351.